The Balaban J connectivity index is 2.68. The molecule has 0 radical (unpaired) electrons. The molecule has 2 atom stereocenters. The molecule has 1 aliphatic rings. The van der Waals surface area contributed by atoms with Crippen LogP contribution in [0.5, 0.6) is 0 Å². The Labute approximate surface area is 103 Å². The fraction of sp³-hybridized carbons (Fsp3) is 0.900. The summed E-state index contributed by atoms with van der Waals surface area (Å²) in [5.41, 5.74) is 0. The van der Waals surface area contributed by atoms with Crippen LogP contribution >= 0.6 is 11.6 Å². The molecule has 0 aromatic carbocycles. The highest BCUT2D eigenvalue weighted by Crippen LogP contribution is 2.37. The molecular formula is C10H15ClF3NO2. The lowest BCUT2D eigenvalue weighted by Crippen LogP contribution is -2.33. The van der Waals surface area contributed by atoms with Gasteiger partial charge in [-0.1, -0.05) is 0 Å². The quantitative estimate of drug-likeness (QED) is 0.732. The van der Waals surface area contributed by atoms with Crippen LogP contribution in [0.3, 0.4) is 0 Å². The van der Waals surface area contributed by atoms with Crippen LogP contribution in [-0.4, -0.2) is 49.2 Å². The molecule has 0 N–H and O–H groups in total. The van der Waals surface area contributed by atoms with E-state index in [0.717, 1.165) is 4.90 Å². The molecule has 0 aromatic rings. The highest BCUT2D eigenvalue weighted by Gasteiger charge is 2.50. The van der Waals surface area contributed by atoms with Gasteiger partial charge in [0.25, 0.3) is 0 Å². The number of alkyl halides is 4. The van der Waals surface area contributed by atoms with E-state index < -0.39 is 23.9 Å². The summed E-state index contributed by atoms with van der Waals surface area (Å²) < 4.78 is 43.3. The number of halogens is 4. The van der Waals surface area contributed by atoms with Crippen molar-refractivity contribution in [1.29, 1.82) is 0 Å². The number of carbonyl (C=O) groups excluding carboxylic acids is 1. The van der Waals surface area contributed by atoms with Crippen LogP contribution in [0.2, 0.25) is 0 Å². The molecule has 1 aliphatic heterocycles. The van der Waals surface area contributed by atoms with Gasteiger partial charge in [-0.05, 0) is 6.92 Å². The molecule has 1 saturated heterocycles. The molecule has 7 heteroatoms. The van der Waals surface area contributed by atoms with E-state index in [4.69, 9.17) is 16.3 Å². The van der Waals surface area contributed by atoms with Gasteiger partial charge in [0.1, 0.15) is 5.88 Å². The summed E-state index contributed by atoms with van der Waals surface area (Å²) in [6.45, 7) is 1.86. The maximum absolute atomic E-state index is 12.8. The summed E-state index contributed by atoms with van der Waals surface area (Å²) in [4.78, 5) is 12.5. The number of nitrogens with zero attached hydrogens (tertiary/aromatic N) is 1. The Bertz CT molecular complexity index is 273. The number of rotatable bonds is 4. The minimum absolute atomic E-state index is 0.0206. The zero-order chi connectivity index (χ0) is 13.1. The van der Waals surface area contributed by atoms with Crippen molar-refractivity contribution in [2.75, 3.05) is 32.2 Å². The van der Waals surface area contributed by atoms with Crippen molar-refractivity contribution in [2.24, 2.45) is 11.8 Å². The minimum atomic E-state index is -4.30. The number of likely N-dealkylation sites (tertiary alicyclic amines) is 1. The smallest absolute Gasteiger partial charge is 0.381 e. The summed E-state index contributed by atoms with van der Waals surface area (Å²) in [6.07, 6.45) is -4.30. The van der Waals surface area contributed by atoms with E-state index in [-0.39, 0.29) is 25.6 Å². The van der Waals surface area contributed by atoms with Gasteiger partial charge < -0.3 is 9.64 Å². The van der Waals surface area contributed by atoms with Crippen LogP contribution in [0.1, 0.15) is 6.92 Å². The maximum atomic E-state index is 12.8. The molecule has 1 fully saturated rings. The monoisotopic (exact) mass is 273 g/mol. The lowest BCUT2D eigenvalue weighted by Gasteiger charge is -2.20. The first-order valence-corrected chi connectivity index (χ1v) is 5.91. The van der Waals surface area contributed by atoms with Crippen LogP contribution in [0, 0.1) is 11.8 Å². The van der Waals surface area contributed by atoms with Gasteiger partial charge in [-0.3, -0.25) is 4.79 Å². The van der Waals surface area contributed by atoms with E-state index in [9.17, 15) is 18.0 Å². The predicted octanol–water partition coefficient (Wildman–Crippen LogP) is 1.90. The second-order valence-electron chi connectivity index (χ2n) is 4.00. The Morgan fingerprint density at radius 2 is 2.12 bits per heavy atom. The first-order valence-electron chi connectivity index (χ1n) is 5.38. The maximum Gasteiger partial charge on any atom is 0.393 e. The topological polar surface area (TPSA) is 29.5 Å². The molecule has 1 rings (SSSR count). The Morgan fingerprint density at radius 3 is 2.59 bits per heavy atom. The Hall–Kier alpha value is -0.490. The molecule has 0 bridgehead atoms. The molecule has 3 nitrogen and oxygen atoms in total. The highest BCUT2D eigenvalue weighted by molar-refractivity contribution is 6.27. The third kappa shape index (κ3) is 3.74. The first-order chi connectivity index (χ1) is 7.90. The fourth-order valence-electron chi connectivity index (χ4n) is 1.97. The first kappa shape index (κ1) is 14.6. The van der Waals surface area contributed by atoms with Crippen molar-refractivity contribution in [1.82, 2.24) is 4.90 Å². The SMILES string of the molecule is CCOC[C@@H]1CN(C(=O)CCl)C[C@@H]1C(F)(F)F. The summed E-state index contributed by atoms with van der Waals surface area (Å²) >= 11 is 5.34. The number of carbonyl (C=O) groups is 1. The number of amides is 1. The van der Waals surface area contributed by atoms with E-state index in [0.29, 0.717) is 6.61 Å². The zero-order valence-corrected chi connectivity index (χ0v) is 10.2. The van der Waals surface area contributed by atoms with Crippen molar-refractivity contribution in [3.8, 4) is 0 Å². The molecule has 1 amide bonds. The van der Waals surface area contributed by atoms with Gasteiger partial charge >= 0.3 is 6.18 Å². The van der Waals surface area contributed by atoms with Crippen LogP contribution in [0.25, 0.3) is 0 Å². The van der Waals surface area contributed by atoms with Crippen molar-refractivity contribution in [3.63, 3.8) is 0 Å². The van der Waals surface area contributed by atoms with Crippen molar-refractivity contribution >= 4 is 17.5 Å². The number of hydrogen-bond donors (Lipinski definition) is 0. The second-order valence-corrected chi connectivity index (χ2v) is 4.27. The molecule has 0 aromatic heterocycles. The summed E-state index contributed by atoms with van der Waals surface area (Å²) in [5.74, 6) is -2.95. The van der Waals surface area contributed by atoms with Gasteiger partial charge in [0.2, 0.25) is 5.91 Å². The summed E-state index contributed by atoms with van der Waals surface area (Å²) in [7, 11) is 0. The minimum Gasteiger partial charge on any atom is -0.381 e. The fourth-order valence-corrected chi connectivity index (χ4v) is 2.14. The van der Waals surface area contributed by atoms with Gasteiger partial charge in [-0.25, -0.2) is 0 Å². The number of ether oxygens (including phenoxy) is 1. The van der Waals surface area contributed by atoms with Crippen molar-refractivity contribution < 1.29 is 22.7 Å². The van der Waals surface area contributed by atoms with E-state index >= 15 is 0 Å². The third-order valence-corrected chi connectivity index (χ3v) is 3.09. The average molecular weight is 274 g/mol. The van der Waals surface area contributed by atoms with E-state index in [1.807, 2.05) is 0 Å². The molecule has 0 aliphatic carbocycles. The molecule has 100 valence electrons. The average Bonchev–Trinajstić information content (AvgIpc) is 2.69. The third-order valence-electron chi connectivity index (χ3n) is 2.86. The Morgan fingerprint density at radius 1 is 1.47 bits per heavy atom. The van der Waals surface area contributed by atoms with Crippen LogP contribution in [0.4, 0.5) is 13.2 Å². The van der Waals surface area contributed by atoms with Gasteiger partial charge in [0.15, 0.2) is 0 Å². The van der Waals surface area contributed by atoms with Crippen LogP contribution < -0.4 is 0 Å². The lowest BCUT2D eigenvalue weighted by atomic mass is 9.96. The van der Waals surface area contributed by atoms with Crippen LogP contribution in [-0.2, 0) is 9.53 Å². The highest BCUT2D eigenvalue weighted by atomic mass is 35.5. The van der Waals surface area contributed by atoms with Gasteiger partial charge in [-0.2, -0.15) is 13.2 Å². The largest absolute Gasteiger partial charge is 0.393 e. The standard InChI is InChI=1S/C10H15ClF3NO2/c1-2-17-6-7-4-15(9(16)3-11)5-8(7)10(12,13)14/h7-8H,2-6H2,1H3/t7-,8-/m0/s1. The van der Waals surface area contributed by atoms with Crippen molar-refractivity contribution in [3.05, 3.63) is 0 Å². The Kier molecular flexibility index (Phi) is 5.06. The van der Waals surface area contributed by atoms with E-state index in [1.54, 1.807) is 6.92 Å². The molecule has 0 unspecified atom stereocenters. The summed E-state index contributed by atoms with van der Waals surface area (Å²) in [6, 6.07) is 0. The number of hydrogen-bond acceptors (Lipinski definition) is 2. The predicted molar refractivity (Wildman–Crippen MR) is 56.8 cm³/mol. The molecule has 1 heterocycles. The molecule has 17 heavy (non-hydrogen) atoms. The van der Waals surface area contributed by atoms with Crippen molar-refractivity contribution in [2.45, 2.75) is 13.1 Å². The van der Waals surface area contributed by atoms with Crippen LogP contribution in [0.15, 0.2) is 0 Å². The van der Waals surface area contributed by atoms with E-state index in [2.05, 4.69) is 0 Å². The second kappa shape index (κ2) is 5.91. The molecule has 0 spiro atoms. The van der Waals surface area contributed by atoms with Gasteiger partial charge in [-0.15, -0.1) is 11.6 Å². The van der Waals surface area contributed by atoms with E-state index in [1.165, 1.54) is 0 Å². The lowest BCUT2D eigenvalue weighted by molar-refractivity contribution is -0.184. The normalized spacial score (nSPS) is 25.4. The zero-order valence-electron chi connectivity index (χ0n) is 9.47. The van der Waals surface area contributed by atoms with Gasteiger partial charge in [0.05, 0.1) is 12.5 Å². The summed E-state index contributed by atoms with van der Waals surface area (Å²) in [5, 5.41) is 0. The molecular weight excluding hydrogens is 259 g/mol. The van der Waals surface area contributed by atoms with Gasteiger partial charge in [0, 0.05) is 25.6 Å². The molecule has 0 saturated carbocycles.